The van der Waals surface area contributed by atoms with Crippen LogP contribution < -0.4 is 22.6 Å². The van der Waals surface area contributed by atoms with Crippen LogP contribution in [-0.4, -0.2) is 9.36 Å². The average molecular weight is 304 g/mol. The number of rotatable bonds is 6. The fourth-order valence-electron chi connectivity index (χ4n) is 2.80. The molecule has 0 saturated heterocycles. The molecular formula is C16H24N4O2. The molecule has 1 aromatic carbocycles. The van der Waals surface area contributed by atoms with Gasteiger partial charge < -0.3 is 11.5 Å². The second-order valence-electron chi connectivity index (χ2n) is 5.50. The monoisotopic (exact) mass is 304 g/mol. The molecule has 0 aliphatic rings. The molecule has 1 atom stereocenters. The van der Waals surface area contributed by atoms with Crippen molar-refractivity contribution >= 4 is 16.5 Å². The lowest BCUT2D eigenvalue weighted by Crippen LogP contribution is -2.43. The predicted octanol–water partition coefficient (Wildman–Crippen LogP) is 1.80. The molecule has 0 bridgehead atoms. The number of unbranched alkanes of at least 4 members (excludes halogenated alkanes) is 2. The number of anilines is 1. The maximum Gasteiger partial charge on any atom is 0.276 e. The van der Waals surface area contributed by atoms with Crippen LogP contribution in [0.25, 0.3) is 10.8 Å². The molecule has 120 valence electrons. The third kappa shape index (κ3) is 2.78. The smallest absolute Gasteiger partial charge is 0.276 e. The molecule has 0 amide bonds. The molecule has 1 aromatic heterocycles. The molecule has 1 heterocycles. The lowest BCUT2D eigenvalue weighted by Gasteiger charge is -2.21. The van der Waals surface area contributed by atoms with Crippen molar-refractivity contribution < 1.29 is 0 Å². The minimum atomic E-state index is -0.518. The minimum absolute atomic E-state index is 0.227. The van der Waals surface area contributed by atoms with E-state index < -0.39 is 6.17 Å². The van der Waals surface area contributed by atoms with E-state index in [1.54, 1.807) is 18.2 Å². The SMILES string of the molecule is CCCCCC(N)n1c(=O)c2c(N)cccc2c(=O)n1CC. The van der Waals surface area contributed by atoms with Crippen LogP contribution >= 0.6 is 0 Å². The topological polar surface area (TPSA) is 96.0 Å². The van der Waals surface area contributed by atoms with Gasteiger partial charge in [0, 0.05) is 12.2 Å². The Morgan fingerprint density at radius 3 is 2.50 bits per heavy atom. The van der Waals surface area contributed by atoms with Crippen molar-refractivity contribution in [3.63, 3.8) is 0 Å². The summed E-state index contributed by atoms with van der Waals surface area (Å²) in [5.74, 6) is 0. The number of hydrogen-bond acceptors (Lipinski definition) is 4. The molecule has 6 nitrogen and oxygen atoms in total. The lowest BCUT2D eigenvalue weighted by molar-refractivity contribution is 0.332. The van der Waals surface area contributed by atoms with Crippen LogP contribution in [0.5, 0.6) is 0 Å². The standard InChI is InChI=1S/C16H24N4O2/c1-3-5-6-10-13(18)20-16(22)14-11(8-7-9-12(14)17)15(21)19(20)4-2/h7-9,13H,3-6,10,17-18H2,1-2H3. The Balaban J connectivity index is 2.67. The van der Waals surface area contributed by atoms with Crippen LogP contribution in [0.2, 0.25) is 0 Å². The lowest BCUT2D eigenvalue weighted by atomic mass is 10.1. The molecule has 1 unspecified atom stereocenters. The first kappa shape index (κ1) is 16.3. The zero-order valence-corrected chi connectivity index (χ0v) is 13.2. The second kappa shape index (κ2) is 6.79. The van der Waals surface area contributed by atoms with E-state index in [0.29, 0.717) is 24.0 Å². The highest BCUT2D eigenvalue weighted by Crippen LogP contribution is 2.15. The van der Waals surface area contributed by atoms with E-state index in [1.807, 2.05) is 6.92 Å². The predicted molar refractivity (Wildman–Crippen MR) is 89.9 cm³/mol. The normalized spacial score (nSPS) is 12.7. The van der Waals surface area contributed by atoms with Crippen molar-refractivity contribution in [3.8, 4) is 0 Å². The van der Waals surface area contributed by atoms with Gasteiger partial charge in [-0.15, -0.1) is 0 Å². The highest BCUT2D eigenvalue weighted by molar-refractivity contribution is 5.91. The minimum Gasteiger partial charge on any atom is -0.398 e. The number of benzene rings is 1. The Hall–Kier alpha value is -2.08. The summed E-state index contributed by atoms with van der Waals surface area (Å²) in [6, 6.07) is 4.95. The zero-order chi connectivity index (χ0) is 16.3. The van der Waals surface area contributed by atoms with E-state index >= 15 is 0 Å². The summed E-state index contributed by atoms with van der Waals surface area (Å²) in [6.07, 6.45) is 3.19. The van der Waals surface area contributed by atoms with Crippen LogP contribution in [0.4, 0.5) is 5.69 Å². The first-order valence-electron chi connectivity index (χ1n) is 7.82. The first-order chi connectivity index (χ1) is 10.5. The summed E-state index contributed by atoms with van der Waals surface area (Å²) in [7, 11) is 0. The van der Waals surface area contributed by atoms with E-state index in [0.717, 1.165) is 19.3 Å². The quantitative estimate of drug-likeness (QED) is 0.628. The second-order valence-corrected chi connectivity index (χ2v) is 5.50. The number of nitrogen functional groups attached to an aromatic ring is 1. The third-order valence-electron chi connectivity index (χ3n) is 3.96. The van der Waals surface area contributed by atoms with Gasteiger partial charge in [-0.25, -0.2) is 9.36 Å². The van der Waals surface area contributed by atoms with E-state index in [-0.39, 0.29) is 16.5 Å². The summed E-state index contributed by atoms with van der Waals surface area (Å²) in [4.78, 5) is 25.4. The third-order valence-corrected chi connectivity index (χ3v) is 3.96. The van der Waals surface area contributed by atoms with Crippen molar-refractivity contribution in [2.75, 3.05) is 5.73 Å². The summed E-state index contributed by atoms with van der Waals surface area (Å²) < 4.78 is 2.79. The molecule has 2 rings (SSSR count). The molecule has 0 saturated carbocycles. The van der Waals surface area contributed by atoms with Crippen molar-refractivity contribution in [1.82, 2.24) is 9.36 Å². The maximum atomic E-state index is 12.8. The average Bonchev–Trinajstić information content (AvgIpc) is 2.50. The first-order valence-corrected chi connectivity index (χ1v) is 7.82. The van der Waals surface area contributed by atoms with Crippen LogP contribution in [0.15, 0.2) is 27.8 Å². The fraction of sp³-hybridized carbons (Fsp3) is 0.500. The van der Waals surface area contributed by atoms with Crippen LogP contribution in [0, 0.1) is 0 Å². The molecule has 6 heteroatoms. The van der Waals surface area contributed by atoms with Crippen LogP contribution in [0.3, 0.4) is 0 Å². The van der Waals surface area contributed by atoms with Gasteiger partial charge in [0.05, 0.1) is 10.8 Å². The number of nitrogens with zero attached hydrogens (tertiary/aromatic N) is 2. The van der Waals surface area contributed by atoms with E-state index in [2.05, 4.69) is 6.92 Å². The van der Waals surface area contributed by atoms with E-state index in [4.69, 9.17) is 11.5 Å². The molecular weight excluding hydrogens is 280 g/mol. The van der Waals surface area contributed by atoms with Crippen molar-refractivity contribution in [2.45, 2.75) is 52.2 Å². The molecule has 2 aromatic rings. The van der Waals surface area contributed by atoms with Crippen molar-refractivity contribution in [3.05, 3.63) is 38.9 Å². The van der Waals surface area contributed by atoms with Gasteiger partial charge in [0.1, 0.15) is 6.17 Å². The van der Waals surface area contributed by atoms with Crippen LogP contribution in [-0.2, 0) is 6.54 Å². The summed E-state index contributed by atoms with van der Waals surface area (Å²) in [5.41, 5.74) is 11.9. The Labute approximate surface area is 129 Å². The Kier molecular flexibility index (Phi) is 5.03. The number of aromatic nitrogens is 2. The van der Waals surface area contributed by atoms with Gasteiger partial charge in [-0.1, -0.05) is 25.8 Å². The maximum absolute atomic E-state index is 12.8. The number of fused-ring (bicyclic) bond motifs is 1. The molecule has 0 radical (unpaired) electrons. The van der Waals surface area contributed by atoms with E-state index in [9.17, 15) is 9.59 Å². The number of nitrogens with two attached hydrogens (primary N) is 2. The Morgan fingerprint density at radius 1 is 1.14 bits per heavy atom. The summed E-state index contributed by atoms with van der Waals surface area (Å²) in [6.45, 7) is 4.32. The highest BCUT2D eigenvalue weighted by atomic mass is 16.2. The van der Waals surface area contributed by atoms with Gasteiger partial charge in [-0.2, -0.15) is 0 Å². The van der Waals surface area contributed by atoms with Gasteiger partial charge in [-0.3, -0.25) is 9.59 Å². The van der Waals surface area contributed by atoms with E-state index in [1.165, 1.54) is 9.36 Å². The van der Waals surface area contributed by atoms with Crippen LogP contribution in [0.1, 0.15) is 45.7 Å². The van der Waals surface area contributed by atoms with Crippen molar-refractivity contribution in [2.24, 2.45) is 5.73 Å². The molecule has 22 heavy (non-hydrogen) atoms. The largest absolute Gasteiger partial charge is 0.398 e. The highest BCUT2D eigenvalue weighted by Gasteiger charge is 2.18. The van der Waals surface area contributed by atoms with Gasteiger partial charge >= 0.3 is 0 Å². The molecule has 0 fully saturated rings. The Bertz CT molecular complexity index is 776. The molecule has 4 N–H and O–H groups in total. The molecule has 0 aliphatic carbocycles. The fourth-order valence-corrected chi connectivity index (χ4v) is 2.80. The summed E-state index contributed by atoms with van der Waals surface area (Å²) >= 11 is 0. The van der Waals surface area contributed by atoms with Gasteiger partial charge in [0.15, 0.2) is 0 Å². The van der Waals surface area contributed by atoms with Gasteiger partial charge in [0.2, 0.25) is 0 Å². The molecule has 0 spiro atoms. The Morgan fingerprint density at radius 2 is 1.86 bits per heavy atom. The molecule has 0 aliphatic heterocycles. The van der Waals surface area contributed by atoms with Gasteiger partial charge in [0.25, 0.3) is 11.1 Å². The summed E-state index contributed by atoms with van der Waals surface area (Å²) in [5, 5.41) is 0.618. The zero-order valence-electron chi connectivity index (χ0n) is 13.2. The number of hydrogen-bond donors (Lipinski definition) is 2. The van der Waals surface area contributed by atoms with Gasteiger partial charge in [-0.05, 0) is 31.9 Å². The van der Waals surface area contributed by atoms with Crippen molar-refractivity contribution in [1.29, 1.82) is 0 Å².